The van der Waals surface area contributed by atoms with E-state index in [4.69, 9.17) is 0 Å². The molecule has 2 aliphatic rings. The summed E-state index contributed by atoms with van der Waals surface area (Å²) in [4.78, 5) is 11.7. The number of alkyl halides is 3. The van der Waals surface area contributed by atoms with Crippen molar-refractivity contribution in [3.63, 3.8) is 0 Å². The minimum absolute atomic E-state index is 0.571. The highest BCUT2D eigenvalue weighted by atomic mass is 19.2. The van der Waals surface area contributed by atoms with Crippen molar-refractivity contribution in [2.24, 2.45) is 5.92 Å². The third kappa shape index (κ3) is 1.68. The summed E-state index contributed by atoms with van der Waals surface area (Å²) in [6.07, 6.45) is -3.99. The van der Waals surface area contributed by atoms with E-state index in [0.717, 1.165) is 7.11 Å². The summed E-state index contributed by atoms with van der Waals surface area (Å²) in [7, 11) is 0.730. The van der Waals surface area contributed by atoms with Crippen LogP contribution in [0.5, 0.6) is 0 Å². The molecule has 0 N–H and O–H groups in total. The van der Waals surface area contributed by atoms with E-state index in [9.17, 15) is 31.1 Å². The minimum atomic E-state index is -3.44. The maximum atomic E-state index is 15.0. The molecule has 3 rings (SSSR count). The lowest BCUT2D eigenvalue weighted by Crippen LogP contribution is -2.59. The van der Waals surface area contributed by atoms with Gasteiger partial charge in [-0.05, 0) is 6.42 Å². The van der Waals surface area contributed by atoms with Crippen LogP contribution in [-0.2, 0) is 20.9 Å². The van der Waals surface area contributed by atoms with Crippen LogP contribution < -0.4 is 0 Å². The van der Waals surface area contributed by atoms with Crippen molar-refractivity contribution in [1.29, 1.82) is 0 Å². The zero-order valence-corrected chi connectivity index (χ0v) is 11.5. The summed E-state index contributed by atoms with van der Waals surface area (Å²) >= 11 is 0. The van der Waals surface area contributed by atoms with Gasteiger partial charge in [-0.25, -0.2) is 35.5 Å². The molecule has 0 spiro atoms. The van der Waals surface area contributed by atoms with Crippen molar-refractivity contribution >= 4 is 5.97 Å². The number of benzene rings is 1. The molecule has 0 aromatic heterocycles. The molecule has 0 amide bonds. The third-order valence-corrected chi connectivity index (χ3v) is 4.62. The van der Waals surface area contributed by atoms with Crippen molar-refractivity contribution in [2.75, 3.05) is 7.11 Å². The molecule has 0 heterocycles. The Kier molecular flexibility index (Phi) is 3.22. The summed E-state index contributed by atoms with van der Waals surface area (Å²) in [5, 5.41) is 0. The van der Waals surface area contributed by atoms with Crippen LogP contribution in [0, 0.1) is 29.2 Å². The second-order valence-electron chi connectivity index (χ2n) is 5.67. The van der Waals surface area contributed by atoms with E-state index in [-0.39, 0.29) is 0 Å². The highest BCUT2D eigenvalue weighted by Crippen LogP contribution is 2.63. The first-order valence-electron chi connectivity index (χ1n) is 6.57. The molecular formula is C14H9F7O2. The number of hydrogen-bond acceptors (Lipinski definition) is 2. The largest absolute Gasteiger partial charge is 0.466 e. The zero-order valence-electron chi connectivity index (χ0n) is 11.5. The number of carbonyl (C=O) groups is 1. The van der Waals surface area contributed by atoms with Crippen LogP contribution in [0.1, 0.15) is 24.0 Å². The Morgan fingerprint density at radius 2 is 1.57 bits per heavy atom. The van der Waals surface area contributed by atoms with Gasteiger partial charge in [0.25, 0.3) is 0 Å². The fourth-order valence-electron chi connectivity index (χ4n) is 3.43. The van der Waals surface area contributed by atoms with Gasteiger partial charge in [0.05, 0.1) is 7.11 Å². The van der Waals surface area contributed by atoms with Gasteiger partial charge in [0.15, 0.2) is 28.9 Å². The monoisotopic (exact) mass is 342 g/mol. The zero-order chi connectivity index (χ0) is 17.3. The van der Waals surface area contributed by atoms with Gasteiger partial charge in [-0.3, -0.25) is 0 Å². The van der Waals surface area contributed by atoms with Gasteiger partial charge in [0.2, 0.25) is 5.67 Å². The molecule has 1 fully saturated rings. The molecule has 126 valence electrons. The molecule has 4 atom stereocenters. The van der Waals surface area contributed by atoms with Gasteiger partial charge in [-0.2, -0.15) is 0 Å². The van der Waals surface area contributed by atoms with Gasteiger partial charge in [-0.15, -0.1) is 0 Å². The molecule has 1 aromatic rings. The minimum Gasteiger partial charge on any atom is -0.466 e. The molecule has 0 saturated heterocycles. The first kappa shape index (κ1) is 16.1. The maximum Gasteiger partial charge on any atom is 0.348 e. The van der Waals surface area contributed by atoms with E-state index in [0.29, 0.717) is 0 Å². The van der Waals surface area contributed by atoms with E-state index < -0.39 is 76.6 Å². The highest BCUT2D eigenvalue weighted by molar-refractivity contribution is 5.83. The van der Waals surface area contributed by atoms with Crippen LogP contribution in [0.25, 0.3) is 0 Å². The topological polar surface area (TPSA) is 26.3 Å². The molecule has 2 nitrogen and oxygen atoms in total. The number of methoxy groups -OCH3 is 1. The summed E-state index contributed by atoms with van der Waals surface area (Å²) in [6, 6.07) is 0. The van der Waals surface area contributed by atoms with Gasteiger partial charge in [0, 0.05) is 23.5 Å². The first-order chi connectivity index (χ1) is 10.6. The Bertz CT molecular complexity index is 722. The number of ether oxygens (including phenoxy) is 1. The molecule has 1 saturated carbocycles. The van der Waals surface area contributed by atoms with Crippen molar-refractivity contribution < 1.29 is 40.3 Å². The quantitative estimate of drug-likeness (QED) is 0.338. The van der Waals surface area contributed by atoms with E-state index in [1.807, 2.05) is 0 Å². The molecule has 9 heteroatoms. The van der Waals surface area contributed by atoms with Gasteiger partial charge in [-0.1, -0.05) is 0 Å². The lowest BCUT2D eigenvalue weighted by Gasteiger charge is -2.52. The summed E-state index contributed by atoms with van der Waals surface area (Å²) < 4.78 is 103. The van der Waals surface area contributed by atoms with Crippen molar-refractivity contribution in [3.05, 3.63) is 34.4 Å². The van der Waals surface area contributed by atoms with Gasteiger partial charge in [0.1, 0.15) is 6.17 Å². The van der Waals surface area contributed by atoms with Gasteiger partial charge < -0.3 is 4.74 Å². The predicted molar refractivity (Wildman–Crippen MR) is 61.5 cm³/mol. The fourth-order valence-corrected chi connectivity index (χ4v) is 3.43. The number of carbonyl (C=O) groups excluding carboxylic acids is 1. The molecular weight excluding hydrogens is 333 g/mol. The van der Waals surface area contributed by atoms with Gasteiger partial charge >= 0.3 is 5.97 Å². The Hall–Kier alpha value is -1.80. The van der Waals surface area contributed by atoms with Crippen LogP contribution in [0.4, 0.5) is 30.7 Å². The normalized spacial score (nSPS) is 35.1. The smallest absolute Gasteiger partial charge is 0.348 e. The summed E-state index contributed by atoms with van der Waals surface area (Å²) in [5.41, 5.74) is -9.97. The van der Waals surface area contributed by atoms with Crippen LogP contribution in [0.15, 0.2) is 0 Å². The number of halogens is 7. The Balaban J connectivity index is 2.41. The SMILES string of the molecule is COC(=O)[C@]1(F)C[C@@H]2C[C@@H](F)[C@]2(F)c2c(F)c(F)c(F)c(F)c21. The Morgan fingerprint density at radius 1 is 1.04 bits per heavy atom. The third-order valence-electron chi connectivity index (χ3n) is 4.62. The molecule has 2 aliphatic carbocycles. The van der Waals surface area contributed by atoms with Crippen LogP contribution >= 0.6 is 0 Å². The highest BCUT2D eigenvalue weighted by Gasteiger charge is 2.69. The first-order valence-corrected chi connectivity index (χ1v) is 6.57. The summed E-state index contributed by atoms with van der Waals surface area (Å²) in [5.74, 6) is -12.6. The second-order valence-corrected chi connectivity index (χ2v) is 5.67. The number of fused-ring (bicyclic) bond motifs is 3. The lowest BCUT2D eigenvalue weighted by atomic mass is 9.56. The lowest BCUT2D eigenvalue weighted by molar-refractivity contribution is -0.175. The maximum absolute atomic E-state index is 15.0. The van der Waals surface area contributed by atoms with E-state index >= 15 is 4.39 Å². The van der Waals surface area contributed by atoms with Crippen molar-refractivity contribution in [2.45, 2.75) is 30.4 Å². The van der Waals surface area contributed by atoms with E-state index in [2.05, 4.69) is 4.74 Å². The van der Waals surface area contributed by atoms with Crippen LogP contribution in [0.3, 0.4) is 0 Å². The average molecular weight is 342 g/mol. The molecule has 0 bridgehead atoms. The molecule has 0 aliphatic heterocycles. The number of esters is 1. The number of rotatable bonds is 1. The van der Waals surface area contributed by atoms with E-state index in [1.165, 1.54) is 0 Å². The summed E-state index contributed by atoms with van der Waals surface area (Å²) in [6.45, 7) is 0. The molecule has 1 aromatic carbocycles. The standard InChI is InChI=1S/C14H9F7O2/c1-23-12(22)13(20)3-4-2-5(15)14(4,21)7-6(13)8(16)10(18)11(19)9(7)17/h4-5H,2-3H2,1H3/t4-,5+,13-,14-/m0/s1. The van der Waals surface area contributed by atoms with Crippen LogP contribution in [0.2, 0.25) is 0 Å². The van der Waals surface area contributed by atoms with E-state index in [1.54, 1.807) is 0 Å². The molecule has 23 heavy (non-hydrogen) atoms. The average Bonchev–Trinajstić information content (AvgIpc) is 2.53. The Morgan fingerprint density at radius 3 is 2.04 bits per heavy atom. The molecule has 0 unspecified atom stereocenters. The predicted octanol–water partition coefficient (Wildman–Crippen LogP) is 3.51. The molecule has 0 radical (unpaired) electrons. The van der Waals surface area contributed by atoms with Crippen LogP contribution in [-0.4, -0.2) is 19.3 Å². The second kappa shape index (κ2) is 4.61. The Labute approximate surface area is 125 Å². The van der Waals surface area contributed by atoms with Crippen molar-refractivity contribution in [1.82, 2.24) is 0 Å². The van der Waals surface area contributed by atoms with Crippen molar-refractivity contribution in [3.8, 4) is 0 Å². The fraction of sp³-hybridized carbons (Fsp3) is 0.500. The number of hydrogen-bond donors (Lipinski definition) is 0.